The summed E-state index contributed by atoms with van der Waals surface area (Å²) in [5, 5.41) is 7.51. The van der Waals surface area contributed by atoms with Gasteiger partial charge >= 0.3 is 0 Å². The molecule has 1 N–H and O–H groups in total. The topological polar surface area (TPSA) is 58.1 Å². The predicted octanol–water partition coefficient (Wildman–Crippen LogP) is 2.51. The van der Waals surface area contributed by atoms with Crippen LogP contribution in [0.5, 0.6) is 0 Å². The maximum absolute atomic E-state index is 12.9. The fraction of sp³-hybridized carbons (Fsp3) is 0.800. The summed E-state index contributed by atoms with van der Waals surface area (Å²) >= 11 is 1.23. The molecule has 1 aliphatic rings. The highest BCUT2D eigenvalue weighted by molar-refractivity contribution is 7.08. The van der Waals surface area contributed by atoms with Crippen molar-refractivity contribution in [2.75, 3.05) is 19.6 Å². The highest BCUT2D eigenvalue weighted by Crippen LogP contribution is 2.24. The van der Waals surface area contributed by atoms with Crippen LogP contribution in [0.25, 0.3) is 0 Å². The lowest BCUT2D eigenvalue weighted by atomic mass is 9.96. The van der Waals surface area contributed by atoms with Crippen molar-refractivity contribution < 1.29 is 4.79 Å². The lowest BCUT2D eigenvalue weighted by Crippen LogP contribution is -2.43. The first-order valence-corrected chi connectivity index (χ1v) is 8.62. The molecule has 6 heteroatoms. The molecule has 2 rings (SSSR count). The standard InChI is InChI=1S/C15H26N4OS/c1-10(2)13-14(21-18-17-13)15(20)19(11(3)4)9-12-5-7-16-8-6-12/h10-12,16H,5-9H2,1-4H3. The highest BCUT2D eigenvalue weighted by atomic mass is 32.1. The molecule has 118 valence electrons. The van der Waals surface area contributed by atoms with Gasteiger partial charge in [-0.05, 0) is 63.1 Å². The number of carbonyl (C=O) groups excluding carboxylic acids is 1. The molecule has 21 heavy (non-hydrogen) atoms. The quantitative estimate of drug-likeness (QED) is 0.908. The van der Waals surface area contributed by atoms with Crippen LogP contribution >= 0.6 is 11.5 Å². The fourth-order valence-corrected chi connectivity index (χ4v) is 3.50. The lowest BCUT2D eigenvalue weighted by molar-refractivity contribution is 0.0661. The molecule has 0 spiro atoms. The first-order valence-electron chi connectivity index (χ1n) is 7.84. The number of amides is 1. The molecule has 1 aliphatic heterocycles. The summed E-state index contributed by atoms with van der Waals surface area (Å²) in [7, 11) is 0. The molecule has 0 unspecified atom stereocenters. The summed E-state index contributed by atoms with van der Waals surface area (Å²) < 4.78 is 3.99. The molecule has 1 saturated heterocycles. The number of nitrogens with zero attached hydrogens (tertiary/aromatic N) is 3. The van der Waals surface area contributed by atoms with Gasteiger partial charge in [-0.1, -0.05) is 18.3 Å². The van der Waals surface area contributed by atoms with Gasteiger partial charge in [-0.15, -0.1) is 5.10 Å². The van der Waals surface area contributed by atoms with Gasteiger partial charge in [0.25, 0.3) is 5.91 Å². The summed E-state index contributed by atoms with van der Waals surface area (Å²) in [5.41, 5.74) is 0.834. The fourth-order valence-electron chi connectivity index (χ4n) is 2.72. The molecule has 0 saturated carbocycles. The van der Waals surface area contributed by atoms with Crippen LogP contribution in [0.2, 0.25) is 0 Å². The molecular weight excluding hydrogens is 284 g/mol. The Kier molecular flexibility index (Phi) is 5.70. The number of nitrogens with one attached hydrogen (secondary N) is 1. The van der Waals surface area contributed by atoms with E-state index in [1.54, 1.807) is 0 Å². The summed E-state index contributed by atoms with van der Waals surface area (Å²) in [5.74, 6) is 0.929. The Morgan fingerprint density at radius 2 is 2.00 bits per heavy atom. The molecule has 0 aromatic carbocycles. The van der Waals surface area contributed by atoms with Gasteiger partial charge < -0.3 is 10.2 Å². The Bertz CT molecular complexity index is 466. The first-order chi connectivity index (χ1) is 10.0. The Morgan fingerprint density at radius 1 is 1.33 bits per heavy atom. The van der Waals surface area contributed by atoms with E-state index in [1.807, 2.05) is 4.90 Å². The summed E-state index contributed by atoms with van der Waals surface area (Å²) in [6.45, 7) is 11.2. The maximum Gasteiger partial charge on any atom is 0.267 e. The average molecular weight is 310 g/mol. The van der Waals surface area contributed by atoms with Crippen LogP contribution in [0.3, 0.4) is 0 Å². The van der Waals surface area contributed by atoms with E-state index in [0.717, 1.165) is 38.2 Å². The number of carbonyl (C=O) groups is 1. The SMILES string of the molecule is CC(C)c1nnsc1C(=O)N(CC1CCNCC1)C(C)C. The molecule has 2 heterocycles. The molecule has 1 aromatic heterocycles. The Balaban J connectivity index is 2.13. The van der Waals surface area contributed by atoms with Crippen molar-refractivity contribution in [2.24, 2.45) is 5.92 Å². The number of piperidine rings is 1. The minimum Gasteiger partial charge on any atom is -0.335 e. The minimum atomic E-state index is 0.0993. The number of rotatable bonds is 5. The van der Waals surface area contributed by atoms with Gasteiger partial charge in [0.15, 0.2) is 0 Å². The molecule has 1 amide bonds. The third-order valence-electron chi connectivity index (χ3n) is 4.05. The van der Waals surface area contributed by atoms with Crippen molar-refractivity contribution in [3.63, 3.8) is 0 Å². The Labute approximate surface area is 131 Å². The van der Waals surface area contributed by atoms with E-state index < -0.39 is 0 Å². The van der Waals surface area contributed by atoms with Crippen molar-refractivity contribution >= 4 is 17.4 Å². The van der Waals surface area contributed by atoms with Crippen molar-refractivity contribution in [1.82, 2.24) is 19.8 Å². The van der Waals surface area contributed by atoms with Crippen LogP contribution in [-0.4, -0.2) is 46.1 Å². The smallest absolute Gasteiger partial charge is 0.267 e. The van der Waals surface area contributed by atoms with Crippen molar-refractivity contribution in [3.05, 3.63) is 10.6 Å². The second kappa shape index (κ2) is 7.31. The first kappa shape index (κ1) is 16.4. The van der Waals surface area contributed by atoms with E-state index in [9.17, 15) is 4.79 Å². The number of aromatic nitrogens is 2. The van der Waals surface area contributed by atoms with Gasteiger partial charge in [-0.2, -0.15) is 0 Å². The molecule has 1 fully saturated rings. The van der Waals surface area contributed by atoms with Gasteiger partial charge in [0, 0.05) is 12.6 Å². The van der Waals surface area contributed by atoms with Crippen LogP contribution in [0.15, 0.2) is 0 Å². The van der Waals surface area contributed by atoms with Crippen LogP contribution in [0.4, 0.5) is 0 Å². The van der Waals surface area contributed by atoms with Crippen LogP contribution in [0, 0.1) is 5.92 Å². The van der Waals surface area contributed by atoms with E-state index in [-0.39, 0.29) is 17.9 Å². The summed E-state index contributed by atoms with van der Waals surface area (Å²) in [6, 6.07) is 0.203. The van der Waals surface area contributed by atoms with Crippen molar-refractivity contribution in [3.8, 4) is 0 Å². The maximum atomic E-state index is 12.9. The van der Waals surface area contributed by atoms with Gasteiger partial charge in [-0.3, -0.25) is 4.79 Å². The zero-order valence-corrected chi connectivity index (χ0v) is 14.2. The third kappa shape index (κ3) is 4.01. The zero-order chi connectivity index (χ0) is 15.4. The highest BCUT2D eigenvalue weighted by Gasteiger charge is 2.28. The minimum absolute atomic E-state index is 0.0993. The molecule has 0 radical (unpaired) electrons. The monoisotopic (exact) mass is 310 g/mol. The normalized spacial score (nSPS) is 16.7. The number of hydrogen-bond acceptors (Lipinski definition) is 5. The van der Waals surface area contributed by atoms with Crippen LogP contribution in [-0.2, 0) is 0 Å². The van der Waals surface area contributed by atoms with E-state index >= 15 is 0 Å². The van der Waals surface area contributed by atoms with E-state index in [1.165, 1.54) is 11.5 Å². The summed E-state index contributed by atoms with van der Waals surface area (Å²) in [4.78, 5) is 15.6. The molecular formula is C15H26N4OS. The molecule has 5 nitrogen and oxygen atoms in total. The van der Waals surface area contributed by atoms with Crippen molar-refractivity contribution in [2.45, 2.75) is 52.5 Å². The Morgan fingerprint density at radius 3 is 2.57 bits per heavy atom. The second-order valence-corrected chi connectivity index (χ2v) is 7.14. The van der Waals surface area contributed by atoms with Crippen LogP contribution < -0.4 is 5.32 Å². The summed E-state index contributed by atoms with van der Waals surface area (Å²) in [6.07, 6.45) is 2.29. The zero-order valence-electron chi connectivity index (χ0n) is 13.4. The van der Waals surface area contributed by atoms with Crippen LogP contribution in [0.1, 0.15) is 61.8 Å². The van der Waals surface area contributed by atoms with E-state index in [4.69, 9.17) is 0 Å². The lowest BCUT2D eigenvalue weighted by Gasteiger charge is -2.32. The second-order valence-electron chi connectivity index (χ2n) is 6.39. The van der Waals surface area contributed by atoms with Gasteiger partial charge in [-0.25, -0.2) is 0 Å². The molecule has 0 atom stereocenters. The van der Waals surface area contributed by atoms with Crippen molar-refractivity contribution in [1.29, 1.82) is 0 Å². The Hall–Kier alpha value is -1.01. The third-order valence-corrected chi connectivity index (χ3v) is 4.78. The predicted molar refractivity (Wildman–Crippen MR) is 85.8 cm³/mol. The average Bonchev–Trinajstić information content (AvgIpc) is 2.94. The van der Waals surface area contributed by atoms with E-state index in [2.05, 4.69) is 42.6 Å². The number of hydrogen-bond donors (Lipinski definition) is 1. The van der Waals surface area contributed by atoms with Gasteiger partial charge in [0.2, 0.25) is 0 Å². The molecule has 1 aromatic rings. The largest absolute Gasteiger partial charge is 0.335 e. The molecule has 0 bridgehead atoms. The van der Waals surface area contributed by atoms with Gasteiger partial charge in [0.1, 0.15) is 4.88 Å². The van der Waals surface area contributed by atoms with E-state index in [0.29, 0.717) is 10.8 Å². The van der Waals surface area contributed by atoms with Gasteiger partial charge in [0.05, 0.1) is 5.69 Å². The molecule has 0 aliphatic carbocycles.